The molecule has 2 heterocycles. The first-order chi connectivity index (χ1) is 18.0. The molecule has 0 aliphatic carbocycles. The van der Waals surface area contributed by atoms with Crippen LogP contribution in [0.3, 0.4) is 0 Å². The largest absolute Gasteiger partial charge is 0.381 e. The van der Waals surface area contributed by atoms with Crippen molar-refractivity contribution in [1.82, 2.24) is 4.90 Å². The van der Waals surface area contributed by atoms with E-state index in [0.29, 0.717) is 23.1 Å². The number of amides is 1. The van der Waals surface area contributed by atoms with Crippen LogP contribution in [0.15, 0.2) is 77.8 Å². The molecule has 2 aliphatic rings. The summed E-state index contributed by atoms with van der Waals surface area (Å²) < 4.78 is 5.46. The minimum absolute atomic E-state index is 0.0524. The van der Waals surface area contributed by atoms with Gasteiger partial charge >= 0.3 is 0 Å². The van der Waals surface area contributed by atoms with Gasteiger partial charge in [-0.05, 0) is 48.6 Å². The van der Waals surface area contributed by atoms with Gasteiger partial charge in [-0.15, -0.1) is 0 Å². The number of benzene rings is 3. The molecule has 0 aromatic heterocycles. The first-order valence-electron chi connectivity index (χ1n) is 12.6. The lowest BCUT2D eigenvalue weighted by molar-refractivity contribution is -0.384. The Morgan fingerprint density at radius 3 is 2.49 bits per heavy atom. The highest BCUT2D eigenvalue weighted by atomic mass is 16.6. The number of nitro groups is 1. The summed E-state index contributed by atoms with van der Waals surface area (Å²) in [7, 11) is 1.79. The summed E-state index contributed by atoms with van der Waals surface area (Å²) in [5.41, 5.74) is 4.41. The fraction of sp³-hybridized carbons (Fsp3) is 0.310. The second-order valence-corrected chi connectivity index (χ2v) is 9.51. The Balaban J connectivity index is 1.39. The maximum Gasteiger partial charge on any atom is 0.269 e. The van der Waals surface area contributed by atoms with Gasteiger partial charge in [0.15, 0.2) is 0 Å². The Labute approximate surface area is 216 Å². The molecule has 1 N–H and O–H groups in total. The Kier molecular flexibility index (Phi) is 7.39. The van der Waals surface area contributed by atoms with Crippen molar-refractivity contribution in [3.05, 3.63) is 99.6 Å². The van der Waals surface area contributed by atoms with Gasteiger partial charge in [-0.2, -0.15) is 0 Å². The standard InChI is InChI=1S/C29H30N4O4/c1-37-24-14-17-32(18-15-24)16-13-20-7-9-22(10-8-20)30-28(21-5-3-2-4-6-21)27-25-19-23(33(35)36)11-12-26(25)31-29(27)34/h2-12,19,24,27H,13-18H2,1H3,(H,31,34). The van der Waals surface area contributed by atoms with Crippen molar-refractivity contribution in [2.24, 2.45) is 4.99 Å². The number of nitrogens with zero attached hydrogens (tertiary/aromatic N) is 3. The maximum absolute atomic E-state index is 13.1. The average molecular weight is 499 g/mol. The maximum atomic E-state index is 13.1. The van der Waals surface area contributed by atoms with Crippen molar-refractivity contribution in [3.8, 4) is 0 Å². The fourth-order valence-electron chi connectivity index (χ4n) is 5.07. The molecule has 0 bridgehead atoms. The van der Waals surface area contributed by atoms with Crippen LogP contribution in [0.4, 0.5) is 17.1 Å². The molecule has 1 fully saturated rings. The van der Waals surface area contributed by atoms with Crippen LogP contribution in [0.1, 0.15) is 35.4 Å². The number of nitrogens with one attached hydrogen (secondary N) is 1. The number of hydrogen-bond donors (Lipinski definition) is 1. The van der Waals surface area contributed by atoms with Crippen LogP contribution >= 0.6 is 0 Å². The van der Waals surface area contributed by atoms with E-state index >= 15 is 0 Å². The SMILES string of the molecule is COC1CCN(CCc2ccc(N=C(c3ccccc3)C3C(=O)Nc4ccc([N+](=O)[O-])cc43)cc2)CC1. The van der Waals surface area contributed by atoms with Crippen LogP contribution in [-0.4, -0.2) is 54.3 Å². The van der Waals surface area contributed by atoms with Gasteiger partial charge in [-0.1, -0.05) is 42.5 Å². The van der Waals surface area contributed by atoms with E-state index in [1.165, 1.54) is 17.7 Å². The van der Waals surface area contributed by atoms with E-state index in [2.05, 4.69) is 22.3 Å². The van der Waals surface area contributed by atoms with Crippen molar-refractivity contribution in [2.45, 2.75) is 31.3 Å². The predicted molar refractivity (Wildman–Crippen MR) is 144 cm³/mol. The van der Waals surface area contributed by atoms with Crippen molar-refractivity contribution < 1.29 is 14.5 Å². The third-order valence-corrected chi connectivity index (χ3v) is 7.19. The van der Waals surface area contributed by atoms with Crippen molar-refractivity contribution in [2.75, 3.05) is 32.1 Å². The molecule has 190 valence electrons. The van der Waals surface area contributed by atoms with E-state index in [9.17, 15) is 14.9 Å². The lowest BCUT2D eigenvalue weighted by Gasteiger charge is -2.31. The minimum Gasteiger partial charge on any atom is -0.381 e. The van der Waals surface area contributed by atoms with E-state index in [4.69, 9.17) is 9.73 Å². The third kappa shape index (κ3) is 5.60. The van der Waals surface area contributed by atoms with Gasteiger partial charge in [-0.25, -0.2) is 0 Å². The Bertz CT molecular complexity index is 1300. The van der Waals surface area contributed by atoms with Crippen molar-refractivity contribution in [3.63, 3.8) is 0 Å². The van der Waals surface area contributed by atoms with Crippen LogP contribution in [-0.2, 0) is 16.0 Å². The molecular weight excluding hydrogens is 468 g/mol. The van der Waals surface area contributed by atoms with Crippen LogP contribution < -0.4 is 5.32 Å². The summed E-state index contributed by atoms with van der Waals surface area (Å²) in [6, 6.07) is 22.1. The number of aliphatic imine (C=N–C) groups is 1. The molecule has 8 heteroatoms. The zero-order chi connectivity index (χ0) is 25.8. The summed E-state index contributed by atoms with van der Waals surface area (Å²) in [4.78, 5) is 31.4. The van der Waals surface area contributed by atoms with Gasteiger partial charge in [0.2, 0.25) is 5.91 Å². The van der Waals surface area contributed by atoms with Crippen LogP contribution in [0.2, 0.25) is 0 Å². The number of anilines is 1. The smallest absolute Gasteiger partial charge is 0.269 e. The number of carbonyl (C=O) groups excluding carboxylic acids is 1. The molecule has 1 atom stereocenters. The van der Waals surface area contributed by atoms with Gasteiger partial charge in [0, 0.05) is 50.1 Å². The molecule has 1 saturated heterocycles. The van der Waals surface area contributed by atoms with Gasteiger partial charge in [0.1, 0.15) is 5.92 Å². The molecule has 0 radical (unpaired) electrons. The lowest BCUT2D eigenvalue weighted by Crippen LogP contribution is -2.37. The minimum atomic E-state index is -0.744. The molecule has 3 aromatic carbocycles. The van der Waals surface area contributed by atoms with Gasteiger partial charge < -0.3 is 15.0 Å². The Morgan fingerprint density at radius 1 is 1.08 bits per heavy atom. The van der Waals surface area contributed by atoms with E-state index in [-0.39, 0.29) is 11.6 Å². The molecule has 1 amide bonds. The van der Waals surface area contributed by atoms with E-state index < -0.39 is 10.8 Å². The number of piperidine rings is 1. The summed E-state index contributed by atoms with van der Waals surface area (Å²) in [6.45, 7) is 3.13. The van der Waals surface area contributed by atoms with Gasteiger partial charge in [-0.3, -0.25) is 19.9 Å². The lowest BCUT2D eigenvalue weighted by atomic mass is 9.90. The molecule has 5 rings (SSSR count). The second-order valence-electron chi connectivity index (χ2n) is 9.51. The van der Waals surface area contributed by atoms with E-state index in [0.717, 1.165) is 50.1 Å². The molecular formula is C29H30N4O4. The van der Waals surface area contributed by atoms with Crippen molar-refractivity contribution >= 4 is 28.7 Å². The van der Waals surface area contributed by atoms with Crippen LogP contribution in [0, 0.1) is 10.1 Å². The molecule has 3 aromatic rings. The summed E-state index contributed by atoms with van der Waals surface area (Å²) in [6.07, 6.45) is 3.49. The number of carbonyl (C=O) groups is 1. The number of hydrogen-bond acceptors (Lipinski definition) is 6. The highest BCUT2D eigenvalue weighted by molar-refractivity contribution is 6.24. The zero-order valence-corrected chi connectivity index (χ0v) is 20.8. The molecule has 2 aliphatic heterocycles. The quantitative estimate of drug-likeness (QED) is 0.265. The zero-order valence-electron chi connectivity index (χ0n) is 20.8. The predicted octanol–water partition coefficient (Wildman–Crippen LogP) is 5.10. The highest BCUT2D eigenvalue weighted by Gasteiger charge is 2.36. The number of methoxy groups -OCH3 is 1. The van der Waals surface area contributed by atoms with E-state index in [1.807, 2.05) is 42.5 Å². The molecule has 8 nitrogen and oxygen atoms in total. The summed E-state index contributed by atoms with van der Waals surface area (Å²) in [5, 5.41) is 14.3. The van der Waals surface area contributed by atoms with Gasteiger partial charge in [0.25, 0.3) is 5.69 Å². The highest BCUT2D eigenvalue weighted by Crippen LogP contribution is 2.38. The molecule has 1 unspecified atom stereocenters. The summed E-state index contributed by atoms with van der Waals surface area (Å²) >= 11 is 0. The number of fused-ring (bicyclic) bond motifs is 1. The number of ether oxygens (including phenoxy) is 1. The average Bonchev–Trinajstić information content (AvgIpc) is 3.26. The first-order valence-corrected chi connectivity index (χ1v) is 12.6. The van der Waals surface area contributed by atoms with Crippen molar-refractivity contribution in [1.29, 1.82) is 0 Å². The first kappa shape index (κ1) is 24.8. The Morgan fingerprint density at radius 2 is 1.81 bits per heavy atom. The van der Waals surface area contributed by atoms with Crippen LogP contribution in [0.25, 0.3) is 0 Å². The topological polar surface area (TPSA) is 97.1 Å². The molecule has 0 spiro atoms. The van der Waals surface area contributed by atoms with Crippen LogP contribution in [0.5, 0.6) is 0 Å². The summed E-state index contributed by atoms with van der Waals surface area (Å²) in [5.74, 6) is -0.987. The Hall–Kier alpha value is -3.88. The fourth-order valence-corrected chi connectivity index (χ4v) is 5.07. The third-order valence-electron chi connectivity index (χ3n) is 7.19. The monoisotopic (exact) mass is 498 g/mol. The second kappa shape index (κ2) is 11.0. The number of likely N-dealkylation sites (tertiary alicyclic amines) is 1. The number of nitro benzene ring substituents is 1. The van der Waals surface area contributed by atoms with Gasteiger partial charge in [0.05, 0.1) is 22.4 Å². The molecule has 0 saturated carbocycles. The number of rotatable bonds is 8. The molecule has 37 heavy (non-hydrogen) atoms. The normalized spacial score (nSPS) is 18.5. The number of non-ortho nitro benzene ring substituents is 1. The van der Waals surface area contributed by atoms with E-state index in [1.54, 1.807) is 13.2 Å².